The van der Waals surface area contributed by atoms with Crippen molar-refractivity contribution < 1.29 is 90.8 Å². The van der Waals surface area contributed by atoms with Gasteiger partial charge in [-0.2, -0.15) is 0 Å². The molecule has 1 unspecified atom stereocenters. The number of carbonyl (C=O) groups is 1. The van der Waals surface area contributed by atoms with E-state index in [0.29, 0.717) is 185 Å². The number of carbonyl (C=O) groups excluding carboxylic acids is 1. The Balaban J connectivity index is 3.09. The molecule has 0 heterocycles. The molecule has 0 amide bonds. The summed E-state index contributed by atoms with van der Waals surface area (Å²) in [5, 5.41) is 17.8. The van der Waals surface area contributed by atoms with E-state index in [1.807, 2.05) is 0 Å². The van der Waals surface area contributed by atoms with Crippen LogP contribution in [-0.4, -0.2) is 234 Å². The van der Waals surface area contributed by atoms with Crippen LogP contribution >= 0.6 is 0 Å². The molecule has 0 saturated carbocycles. The van der Waals surface area contributed by atoms with Crippen molar-refractivity contribution in [3.63, 3.8) is 0 Å². The molecule has 71 heavy (non-hydrogen) atoms. The lowest BCUT2D eigenvalue weighted by atomic mass is 10.0. The number of esters is 1. The van der Waals surface area contributed by atoms with Crippen molar-refractivity contribution in [1.82, 2.24) is 0 Å². The molecule has 0 aromatic heterocycles. The maximum absolute atomic E-state index is 11.4. The fourth-order valence-corrected chi connectivity index (χ4v) is 6.40. The Kier molecular flexibility index (Phi) is 63.8. The smallest absolute Gasteiger partial charge is 0.308 e. The molecule has 0 aromatic rings. The molecule has 0 bridgehead atoms. The summed E-state index contributed by atoms with van der Waals surface area (Å²) < 4.78 is 87.4. The Bertz CT molecular complexity index is 974. The zero-order valence-corrected chi connectivity index (χ0v) is 44.6. The number of rotatable bonds is 65. The fraction of sp³-hybridized carbons (Fsp3) is 0.981. The normalized spacial score (nSPS) is 12.1. The van der Waals surface area contributed by atoms with Crippen LogP contribution in [0.3, 0.4) is 0 Å². The van der Waals surface area contributed by atoms with Gasteiger partial charge in [-0.15, -0.1) is 0 Å². The van der Waals surface area contributed by atoms with Crippen LogP contribution in [0.2, 0.25) is 0 Å². The van der Waals surface area contributed by atoms with E-state index in [2.05, 4.69) is 6.92 Å². The first-order chi connectivity index (χ1) is 35.2. The number of unbranched alkanes of at least 4 members (excludes halogenated alkanes) is 15. The third-order valence-corrected chi connectivity index (χ3v) is 10.4. The molecule has 0 rings (SSSR count). The SMILES string of the molecule is CCCCCCCCCCCCCCCCCCOCCOCCOCCOCCOCCOCCOCCOCCOCCOCCOCCOCCOCCOCCOCCC(=O)OCC(O)CO. The van der Waals surface area contributed by atoms with Crippen LogP contribution in [0.5, 0.6) is 0 Å². The van der Waals surface area contributed by atoms with Crippen molar-refractivity contribution in [3.05, 3.63) is 0 Å². The molecule has 426 valence electrons. The Morgan fingerprint density at radius 3 is 0.718 bits per heavy atom. The molecule has 2 N–H and O–H groups in total. The highest BCUT2D eigenvalue weighted by Crippen LogP contribution is 2.14. The van der Waals surface area contributed by atoms with Gasteiger partial charge in [-0.3, -0.25) is 4.79 Å². The lowest BCUT2D eigenvalue weighted by Gasteiger charge is -2.09. The van der Waals surface area contributed by atoms with Gasteiger partial charge in [0.1, 0.15) is 12.7 Å². The standard InChI is InChI=1S/C52H104O19/c1-2-3-4-5-6-7-8-9-10-11-12-13-14-15-16-17-19-56-21-23-58-25-27-60-29-31-62-33-35-64-37-39-66-41-43-68-45-47-70-48-46-69-44-42-67-40-38-65-36-34-63-32-30-61-28-26-59-24-22-57-20-18-52(55)71-50-51(54)49-53/h51,53-54H,2-50H2,1H3. The first-order valence-electron chi connectivity index (χ1n) is 27.3. The monoisotopic (exact) mass is 1030 g/mol. The van der Waals surface area contributed by atoms with E-state index >= 15 is 0 Å². The number of aliphatic hydroxyl groups is 2. The zero-order valence-electron chi connectivity index (χ0n) is 44.6. The van der Waals surface area contributed by atoms with E-state index in [1.165, 1.54) is 96.3 Å². The van der Waals surface area contributed by atoms with Gasteiger partial charge in [-0.05, 0) is 6.42 Å². The lowest BCUT2D eigenvalue weighted by molar-refractivity contribution is -0.148. The van der Waals surface area contributed by atoms with Gasteiger partial charge in [0.15, 0.2) is 0 Å². The molecule has 19 nitrogen and oxygen atoms in total. The van der Waals surface area contributed by atoms with Gasteiger partial charge in [0.25, 0.3) is 0 Å². The Hall–Kier alpha value is -1.21. The van der Waals surface area contributed by atoms with Crippen LogP contribution in [0, 0.1) is 0 Å². The van der Waals surface area contributed by atoms with E-state index in [9.17, 15) is 4.79 Å². The van der Waals surface area contributed by atoms with Crippen LogP contribution in [0.1, 0.15) is 116 Å². The molecular weight excluding hydrogens is 929 g/mol. The molecule has 0 aliphatic heterocycles. The van der Waals surface area contributed by atoms with Crippen molar-refractivity contribution >= 4 is 5.97 Å². The zero-order chi connectivity index (χ0) is 51.1. The van der Waals surface area contributed by atoms with Gasteiger partial charge in [0, 0.05) is 6.61 Å². The number of hydrogen-bond acceptors (Lipinski definition) is 19. The van der Waals surface area contributed by atoms with Crippen molar-refractivity contribution in [2.45, 2.75) is 122 Å². The van der Waals surface area contributed by atoms with Crippen LogP contribution in [0.25, 0.3) is 0 Å². The minimum atomic E-state index is -1.06. The van der Waals surface area contributed by atoms with E-state index in [1.54, 1.807) is 0 Å². The van der Waals surface area contributed by atoms with Gasteiger partial charge in [-0.25, -0.2) is 0 Å². The molecule has 0 saturated heterocycles. The second-order valence-electron chi connectivity index (χ2n) is 16.8. The van der Waals surface area contributed by atoms with Crippen molar-refractivity contribution in [1.29, 1.82) is 0 Å². The highest BCUT2D eigenvalue weighted by atomic mass is 16.6. The first kappa shape index (κ1) is 69.8. The maximum atomic E-state index is 11.4. The maximum Gasteiger partial charge on any atom is 0.308 e. The molecule has 19 heteroatoms. The highest BCUT2D eigenvalue weighted by molar-refractivity contribution is 5.69. The molecule has 0 spiro atoms. The molecule has 0 aromatic carbocycles. The summed E-state index contributed by atoms with van der Waals surface area (Å²) in [4.78, 5) is 11.4. The summed E-state index contributed by atoms with van der Waals surface area (Å²) in [7, 11) is 0. The number of ether oxygens (including phenoxy) is 16. The summed E-state index contributed by atoms with van der Waals surface area (Å²) in [6, 6.07) is 0. The second-order valence-corrected chi connectivity index (χ2v) is 16.8. The molecule has 0 radical (unpaired) electrons. The summed E-state index contributed by atoms with van der Waals surface area (Å²) in [5.74, 6) is -0.497. The largest absolute Gasteiger partial charge is 0.463 e. The minimum absolute atomic E-state index is 0.0635. The average Bonchev–Trinajstić information content (AvgIpc) is 3.38. The summed E-state index contributed by atoms with van der Waals surface area (Å²) in [5.41, 5.74) is 0. The molecule has 0 aliphatic carbocycles. The molecule has 0 aliphatic rings. The van der Waals surface area contributed by atoms with Crippen molar-refractivity contribution in [3.8, 4) is 0 Å². The Labute approximate surface area is 429 Å². The number of hydrogen-bond donors (Lipinski definition) is 2. The van der Waals surface area contributed by atoms with E-state index in [-0.39, 0.29) is 19.6 Å². The molecule has 0 fully saturated rings. The first-order valence-corrected chi connectivity index (χ1v) is 27.3. The molecular formula is C52H104O19. The second kappa shape index (κ2) is 64.9. The fourth-order valence-electron chi connectivity index (χ4n) is 6.40. The van der Waals surface area contributed by atoms with Gasteiger partial charge >= 0.3 is 5.97 Å². The quantitative estimate of drug-likeness (QED) is 0.0547. The van der Waals surface area contributed by atoms with Gasteiger partial charge in [0.05, 0.1) is 205 Å². The Morgan fingerprint density at radius 1 is 0.296 bits per heavy atom. The van der Waals surface area contributed by atoms with E-state index < -0.39 is 18.7 Å². The minimum Gasteiger partial charge on any atom is -0.463 e. The summed E-state index contributed by atoms with van der Waals surface area (Å²) in [6.45, 7) is 16.3. The van der Waals surface area contributed by atoms with Crippen LogP contribution in [0.4, 0.5) is 0 Å². The topological polar surface area (TPSA) is 205 Å². The Morgan fingerprint density at radius 2 is 0.493 bits per heavy atom. The van der Waals surface area contributed by atoms with Gasteiger partial charge < -0.3 is 86.0 Å². The third-order valence-electron chi connectivity index (χ3n) is 10.4. The van der Waals surface area contributed by atoms with Crippen LogP contribution in [0.15, 0.2) is 0 Å². The predicted octanol–water partition coefficient (Wildman–Crippen LogP) is 5.78. The van der Waals surface area contributed by atoms with Gasteiger partial charge in [0.2, 0.25) is 0 Å². The van der Waals surface area contributed by atoms with Gasteiger partial charge in [-0.1, -0.05) is 103 Å². The third kappa shape index (κ3) is 64.8. The van der Waals surface area contributed by atoms with Crippen molar-refractivity contribution in [2.24, 2.45) is 0 Å². The predicted molar refractivity (Wildman–Crippen MR) is 270 cm³/mol. The highest BCUT2D eigenvalue weighted by Gasteiger charge is 2.08. The summed E-state index contributed by atoms with van der Waals surface area (Å²) in [6.07, 6.45) is 21.1. The van der Waals surface area contributed by atoms with Crippen molar-refractivity contribution in [2.75, 3.05) is 211 Å². The molecule has 1 atom stereocenters. The lowest BCUT2D eigenvalue weighted by Crippen LogP contribution is -2.22. The number of aliphatic hydroxyl groups excluding tert-OH is 2. The average molecular weight is 1030 g/mol. The van der Waals surface area contributed by atoms with Crippen LogP contribution in [-0.2, 0) is 80.6 Å². The van der Waals surface area contributed by atoms with Crippen LogP contribution < -0.4 is 0 Å². The van der Waals surface area contributed by atoms with E-state index in [4.69, 9.17) is 86.0 Å². The summed E-state index contributed by atoms with van der Waals surface area (Å²) >= 11 is 0. The van der Waals surface area contributed by atoms with E-state index in [0.717, 1.165) is 13.0 Å².